The van der Waals surface area contributed by atoms with Gasteiger partial charge in [0.2, 0.25) is 0 Å². The van der Waals surface area contributed by atoms with Gasteiger partial charge in [0, 0.05) is 31.8 Å². The van der Waals surface area contributed by atoms with E-state index < -0.39 is 0 Å². The average Bonchev–Trinajstić information content (AvgIpc) is 3.04. The third kappa shape index (κ3) is 3.17. The molecule has 1 aromatic carbocycles. The standard InChI is InChI=1S/C17H22N2O2/c1-13(16-7-4-12-21-16)18-10-11-19-15-6-3-2-5-14(15)8-9-17(19)20/h2-3,5-6,8-9,13,16,18H,4,7,10-12H2,1H3. The van der Waals surface area contributed by atoms with Crippen LogP contribution in [0, 0.1) is 0 Å². The zero-order valence-electron chi connectivity index (χ0n) is 12.4. The van der Waals surface area contributed by atoms with Gasteiger partial charge in [-0.2, -0.15) is 0 Å². The van der Waals surface area contributed by atoms with Crippen molar-refractivity contribution in [3.63, 3.8) is 0 Å². The number of hydrogen-bond donors (Lipinski definition) is 1. The molecule has 2 heterocycles. The van der Waals surface area contributed by atoms with Crippen molar-refractivity contribution in [2.24, 2.45) is 0 Å². The van der Waals surface area contributed by atoms with Crippen molar-refractivity contribution in [2.45, 2.75) is 38.5 Å². The molecule has 1 aliphatic rings. The zero-order valence-corrected chi connectivity index (χ0v) is 12.4. The number of fused-ring (bicyclic) bond motifs is 1. The van der Waals surface area contributed by atoms with E-state index in [1.54, 1.807) is 6.07 Å². The highest BCUT2D eigenvalue weighted by Gasteiger charge is 2.21. The molecule has 1 N–H and O–H groups in total. The fraction of sp³-hybridized carbons (Fsp3) is 0.471. The molecule has 4 heteroatoms. The molecule has 1 saturated heterocycles. The molecule has 2 unspecified atom stereocenters. The van der Waals surface area contributed by atoms with E-state index in [0.717, 1.165) is 36.9 Å². The lowest BCUT2D eigenvalue weighted by molar-refractivity contribution is 0.0835. The second kappa shape index (κ2) is 6.41. The largest absolute Gasteiger partial charge is 0.377 e. The Bertz CT molecular complexity index is 659. The maximum Gasteiger partial charge on any atom is 0.251 e. The normalized spacial score (nSPS) is 20.0. The summed E-state index contributed by atoms with van der Waals surface area (Å²) in [6.45, 7) is 4.48. The van der Waals surface area contributed by atoms with Crippen LogP contribution in [0.2, 0.25) is 0 Å². The van der Waals surface area contributed by atoms with Crippen LogP contribution in [0.15, 0.2) is 41.2 Å². The Balaban J connectivity index is 1.67. The number of pyridine rings is 1. The van der Waals surface area contributed by atoms with Gasteiger partial charge in [-0.3, -0.25) is 4.79 Å². The van der Waals surface area contributed by atoms with Gasteiger partial charge in [-0.05, 0) is 37.3 Å². The smallest absolute Gasteiger partial charge is 0.251 e. The third-order valence-electron chi connectivity index (χ3n) is 4.22. The number of benzene rings is 1. The molecular formula is C17H22N2O2. The molecular weight excluding hydrogens is 264 g/mol. The van der Waals surface area contributed by atoms with E-state index in [9.17, 15) is 4.79 Å². The Morgan fingerprint density at radius 3 is 3.00 bits per heavy atom. The summed E-state index contributed by atoms with van der Waals surface area (Å²) in [5.41, 5.74) is 1.05. The molecule has 4 nitrogen and oxygen atoms in total. The number of rotatable bonds is 5. The van der Waals surface area contributed by atoms with Crippen LogP contribution in [0.1, 0.15) is 19.8 Å². The Morgan fingerprint density at radius 2 is 2.19 bits per heavy atom. The molecule has 21 heavy (non-hydrogen) atoms. The summed E-state index contributed by atoms with van der Waals surface area (Å²) < 4.78 is 7.52. The van der Waals surface area contributed by atoms with Crippen LogP contribution in [0.25, 0.3) is 10.9 Å². The van der Waals surface area contributed by atoms with Gasteiger partial charge in [0.1, 0.15) is 0 Å². The monoisotopic (exact) mass is 286 g/mol. The maximum atomic E-state index is 12.1. The van der Waals surface area contributed by atoms with Crippen molar-refractivity contribution in [1.29, 1.82) is 0 Å². The Morgan fingerprint density at radius 1 is 1.33 bits per heavy atom. The number of aromatic nitrogens is 1. The minimum atomic E-state index is 0.0558. The fourth-order valence-electron chi connectivity index (χ4n) is 3.01. The van der Waals surface area contributed by atoms with E-state index in [4.69, 9.17) is 4.74 Å². The lowest BCUT2D eigenvalue weighted by atomic mass is 10.1. The van der Waals surface area contributed by atoms with Gasteiger partial charge in [0.05, 0.1) is 11.6 Å². The molecule has 0 bridgehead atoms. The molecule has 0 aliphatic carbocycles. The van der Waals surface area contributed by atoms with Crippen molar-refractivity contribution < 1.29 is 4.74 Å². The molecule has 2 atom stereocenters. The van der Waals surface area contributed by atoms with Crippen LogP contribution in [-0.4, -0.2) is 29.9 Å². The number of nitrogens with one attached hydrogen (secondary N) is 1. The highest BCUT2D eigenvalue weighted by Crippen LogP contribution is 2.15. The van der Waals surface area contributed by atoms with Crippen LogP contribution >= 0.6 is 0 Å². The molecule has 0 amide bonds. The van der Waals surface area contributed by atoms with Crippen molar-refractivity contribution in [3.8, 4) is 0 Å². The Kier molecular flexibility index (Phi) is 4.36. The lowest BCUT2D eigenvalue weighted by Gasteiger charge is -2.20. The predicted molar refractivity (Wildman–Crippen MR) is 84.6 cm³/mol. The first kappa shape index (κ1) is 14.3. The summed E-state index contributed by atoms with van der Waals surface area (Å²) in [4.78, 5) is 12.1. The number of nitrogens with zero attached hydrogens (tertiary/aromatic N) is 1. The van der Waals surface area contributed by atoms with Crippen LogP contribution < -0.4 is 10.9 Å². The molecule has 1 fully saturated rings. The highest BCUT2D eigenvalue weighted by molar-refractivity contribution is 5.78. The second-order valence-electron chi connectivity index (χ2n) is 5.68. The predicted octanol–water partition coefficient (Wildman–Crippen LogP) is 2.16. The van der Waals surface area contributed by atoms with E-state index in [0.29, 0.717) is 18.7 Å². The van der Waals surface area contributed by atoms with E-state index in [-0.39, 0.29) is 5.56 Å². The van der Waals surface area contributed by atoms with Crippen LogP contribution in [0.4, 0.5) is 0 Å². The Hall–Kier alpha value is -1.65. The van der Waals surface area contributed by atoms with Crippen molar-refractivity contribution in [1.82, 2.24) is 9.88 Å². The minimum absolute atomic E-state index is 0.0558. The van der Waals surface area contributed by atoms with Crippen LogP contribution in [-0.2, 0) is 11.3 Å². The average molecular weight is 286 g/mol. The molecule has 0 spiro atoms. The molecule has 0 saturated carbocycles. The van der Waals surface area contributed by atoms with Gasteiger partial charge in [-0.1, -0.05) is 18.2 Å². The molecule has 2 aromatic rings. The quantitative estimate of drug-likeness (QED) is 0.916. The van der Waals surface area contributed by atoms with E-state index in [1.165, 1.54) is 0 Å². The van der Waals surface area contributed by atoms with Gasteiger partial charge in [0.15, 0.2) is 0 Å². The molecule has 112 valence electrons. The first-order valence-corrected chi connectivity index (χ1v) is 7.69. The summed E-state index contributed by atoms with van der Waals surface area (Å²) in [7, 11) is 0. The maximum absolute atomic E-state index is 12.1. The summed E-state index contributed by atoms with van der Waals surface area (Å²) in [6.07, 6.45) is 2.59. The van der Waals surface area contributed by atoms with Crippen molar-refractivity contribution in [2.75, 3.05) is 13.2 Å². The van der Waals surface area contributed by atoms with Crippen molar-refractivity contribution >= 4 is 10.9 Å². The van der Waals surface area contributed by atoms with E-state index >= 15 is 0 Å². The first-order valence-electron chi connectivity index (χ1n) is 7.69. The molecule has 1 aliphatic heterocycles. The first-order chi connectivity index (χ1) is 10.3. The summed E-state index contributed by atoms with van der Waals surface area (Å²) in [5, 5.41) is 4.58. The second-order valence-corrected chi connectivity index (χ2v) is 5.68. The molecule has 1 aromatic heterocycles. The van der Waals surface area contributed by atoms with Crippen LogP contribution in [0.5, 0.6) is 0 Å². The van der Waals surface area contributed by atoms with E-state index in [2.05, 4.69) is 12.2 Å². The number of para-hydroxylation sites is 1. The number of hydrogen-bond acceptors (Lipinski definition) is 3. The van der Waals surface area contributed by atoms with Gasteiger partial charge >= 0.3 is 0 Å². The molecule has 3 rings (SSSR count). The molecule has 0 radical (unpaired) electrons. The van der Waals surface area contributed by atoms with Gasteiger partial charge in [0.25, 0.3) is 5.56 Å². The topological polar surface area (TPSA) is 43.3 Å². The highest BCUT2D eigenvalue weighted by atomic mass is 16.5. The van der Waals surface area contributed by atoms with E-state index in [1.807, 2.05) is 34.9 Å². The SMILES string of the molecule is CC(NCCn1c(=O)ccc2ccccc21)C1CCCO1. The van der Waals surface area contributed by atoms with Gasteiger partial charge in [-0.25, -0.2) is 0 Å². The minimum Gasteiger partial charge on any atom is -0.377 e. The fourth-order valence-corrected chi connectivity index (χ4v) is 3.01. The summed E-state index contributed by atoms with van der Waals surface area (Å²) in [6, 6.07) is 11.9. The Labute approximate surface area is 124 Å². The zero-order chi connectivity index (χ0) is 14.7. The van der Waals surface area contributed by atoms with Gasteiger partial charge < -0.3 is 14.6 Å². The summed E-state index contributed by atoms with van der Waals surface area (Å²) in [5.74, 6) is 0. The van der Waals surface area contributed by atoms with Crippen molar-refractivity contribution in [3.05, 3.63) is 46.8 Å². The van der Waals surface area contributed by atoms with Crippen LogP contribution in [0.3, 0.4) is 0 Å². The third-order valence-corrected chi connectivity index (χ3v) is 4.22. The summed E-state index contributed by atoms with van der Waals surface area (Å²) >= 11 is 0. The van der Waals surface area contributed by atoms with Gasteiger partial charge in [-0.15, -0.1) is 0 Å². The lowest BCUT2D eigenvalue weighted by Crippen LogP contribution is -2.39. The number of ether oxygens (including phenoxy) is 1.